The molecule has 0 saturated carbocycles. The van der Waals surface area contributed by atoms with Crippen LogP contribution in [0.15, 0.2) is 109 Å². The molecule has 2 heterocycles. The smallest absolute Gasteiger partial charge is 0.326 e. The number of hydrogen-bond donors (Lipinski definition) is 0. The first-order valence-corrected chi connectivity index (χ1v) is 25.2. The van der Waals surface area contributed by atoms with E-state index in [1.54, 1.807) is 0 Å². The van der Waals surface area contributed by atoms with Gasteiger partial charge < -0.3 is 18.1 Å². The number of hydrogen-bond acceptors (Lipinski definition) is 4. The van der Waals surface area contributed by atoms with Crippen LogP contribution in [-0.4, -0.2) is 0 Å². The van der Waals surface area contributed by atoms with Gasteiger partial charge in [-0.25, -0.2) is 0 Å². The molecule has 2 aliphatic heterocycles. The predicted octanol–water partition coefficient (Wildman–Crippen LogP) is 15.8. The maximum Gasteiger partial charge on any atom is 0.326 e. The molecule has 0 aromatic heterocycles. The number of fused-ring (bicyclic) bond motifs is 4. The molecule has 0 atom stereocenters. The fourth-order valence-corrected chi connectivity index (χ4v) is 11.5. The Bertz CT molecular complexity index is 2320. The van der Waals surface area contributed by atoms with Crippen LogP contribution >= 0.6 is 16.8 Å². The van der Waals surface area contributed by atoms with E-state index in [4.69, 9.17) is 18.1 Å². The van der Waals surface area contributed by atoms with Crippen LogP contribution in [0.25, 0.3) is 0 Å². The standard InChI is InChI=1S/2C29H35O2P.Pd/c2*1-19-14-21-18-22-15-20(2)17-25(29(6,7)8)27(22)31-32(23-12-10-9-11-13-23)30-26(21)24(16-19)28(3,4)5;/h2*9-17H,18H2,1-8H3;. The molecule has 6 aromatic rings. The monoisotopic (exact) mass is 998 g/mol. The van der Waals surface area contributed by atoms with Gasteiger partial charge in [-0.05, 0) is 95.9 Å². The third-order valence-corrected chi connectivity index (χ3v) is 14.7. The summed E-state index contributed by atoms with van der Waals surface area (Å²) in [5, 5.41) is 2.17. The second-order valence-electron chi connectivity index (χ2n) is 22.1. The molecular weight excluding hydrogens is 929 g/mol. The van der Waals surface area contributed by atoms with Crippen molar-refractivity contribution in [2.75, 3.05) is 0 Å². The van der Waals surface area contributed by atoms with Crippen LogP contribution in [0.5, 0.6) is 23.0 Å². The topological polar surface area (TPSA) is 36.9 Å². The van der Waals surface area contributed by atoms with Gasteiger partial charge >= 0.3 is 16.8 Å². The van der Waals surface area contributed by atoms with Crippen molar-refractivity contribution in [2.45, 2.75) is 145 Å². The van der Waals surface area contributed by atoms with E-state index in [1.165, 1.54) is 66.8 Å². The molecule has 0 bridgehead atoms. The van der Waals surface area contributed by atoms with Gasteiger partial charge in [-0.3, -0.25) is 0 Å². The summed E-state index contributed by atoms with van der Waals surface area (Å²) in [6.07, 6.45) is 1.61. The molecule has 8 rings (SSSR count). The van der Waals surface area contributed by atoms with E-state index in [-0.39, 0.29) is 42.1 Å². The van der Waals surface area contributed by atoms with Crippen molar-refractivity contribution < 1.29 is 38.5 Å². The minimum Gasteiger partial charge on any atom is -0.435 e. The largest absolute Gasteiger partial charge is 0.435 e. The second-order valence-corrected chi connectivity index (χ2v) is 24.9. The molecule has 0 amide bonds. The number of aryl methyl sites for hydroxylation is 4. The maximum atomic E-state index is 6.83. The summed E-state index contributed by atoms with van der Waals surface area (Å²) in [5.41, 5.74) is 14.9. The van der Waals surface area contributed by atoms with Gasteiger partial charge in [0.1, 0.15) is 23.0 Å². The zero-order chi connectivity index (χ0) is 46.5. The first-order chi connectivity index (χ1) is 29.9. The van der Waals surface area contributed by atoms with Gasteiger partial charge in [-0.15, -0.1) is 0 Å². The van der Waals surface area contributed by atoms with Crippen molar-refractivity contribution in [3.8, 4) is 23.0 Å². The average Bonchev–Trinajstić information content (AvgIpc) is 3.18. The third kappa shape index (κ3) is 11.6. The molecule has 0 unspecified atom stereocenters. The molecule has 6 aromatic carbocycles. The summed E-state index contributed by atoms with van der Waals surface area (Å²) < 4.78 is 27.3. The van der Waals surface area contributed by atoms with Crippen molar-refractivity contribution in [1.29, 1.82) is 0 Å². The predicted molar refractivity (Wildman–Crippen MR) is 274 cm³/mol. The Morgan fingerprint density at radius 1 is 0.338 bits per heavy atom. The second kappa shape index (κ2) is 19.3. The van der Waals surface area contributed by atoms with E-state index >= 15 is 0 Å². The van der Waals surface area contributed by atoms with E-state index in [9.17, 15) is 0 Å². The van der Waals surface area contributed by atoms with Crippen LogP contribution in [0.2, 0.25) is 0 Å². The Kier molecular flexibility index (Phi) is 15.0. The minimum absolute atomic E-state index is 0. The molecule has 0 aliphatic carbocycles. The van der Waals surface area contributed by atoms with Crippen LogP contribution in [-0.2, 0) is 54.9 Å². The normalized spacial score (nSPS) is 14.3. The van der Waals surface area contributed by atoms with Crippen LogP contribution in [0.4, 0.5) is 0 Å². The fraction of sp³-hybridized carbons (Fsp3) is 0.379. The summed E-state index contributed by atoms with van der Waals surface area (Å²) in [6.45, 7) is 35.8. The van der Waals surface area contributed by atoms with Crippen LogP contribution in [0.1, 0.15) is 150 Å². The molecule has 0 N–H and O–H groups in total. The summed E-state index contributed by atoms with van der Waals surface area (Å²) >= 11 is 0. The Morgan fingerprint density at radius 2 is 0.554 bits per heavy atom. The molecule has 7 heteroatoms. The van der Waals surface area contributed by atoms with Crippen molar-refractivity contribution in [1.82, 2.24) is 0 Å². The Balaban J connectivity index is 0.000000212. The minimum atomic E-state index is -1.33. The van der Waals surface area contributed by atoms with Crippen LogP contribution in [0.3, 0.4) is 0 Å². The Morgan fingerprint density at radius 3 is 0.754 bits per heavy atom. The van der Waals surface area contributed by atoms with Gasteiger partial charge in [0.15, 0.2) is 0 Å². The van der Waals surface area contributed by atoms with Crippen molar-refractivity contribution in [3.63, 3.8) is 0 Å². The van der Waals surface area contributed by atoms with E-state index in [2.05, 4.69) is 208 Å². The summed E-state index contributed by atoms with van der Waals surface area (Å²) in [7, 11) is -2.66. The SMILES string of the molecule is Cc1cc2c(c(C(C)(C)C)c1)OP(c1ccccc1)Oc1c(cc(C)cc1C(C)(C)C)C2.Cc1cc2c(c(C(C)(C)C)c1)OP(c1ccccc1)Oc1c(cc(C)cc1C(C)(C)C)C2.[Pd]. The maximum absolute atomic E-state index is 6.83. The first kappa shape index (κ1) is 50.5. The zero-order valence-corrected chi connectivity index (χ0v) is 45.0. The number of rotatable bonds is 2. The zero-order valence-electron chi connectivity index (χ0n) is 41.7. The Labute approximate surface area is 407 Å². The third-order valence-electron chi connectivity index (χ3n) is 11.9. The molecule has 65 heavy (non-hydrogen) atoms. The van der Waals surface area contributed by atoms with Gasteiger partial charge in [0.2, 0.25) is 0 Å². The Hall–Kier alpha value is -3.96. The van der Waals surface area contributed by atoms with Gasteiger partial charge in [0.25, 0.3) is 0 Å². The summed E-state index contributed by atoms with van der Waals surface area (Å²) in [4.78, 5) is 0. The molecule has 0 radical (unpaired) electrons. The van der Waals surface area contributed by atoms with E-state index in [1.807, 2.05) is 12.1 Å². The van der Waals surface area contributed by atoms with E-state index in [0.717, 1.165) is 46.4 Å². The van der Waals surface area contributed by atoms with Gasteiger partial charge in [-0.2, -0.15) is 0 Å². The quantitative estimate of drug-likeness (QED) is 0.128. The van der Waals surface area contributed by atoms with Crippen LogP contribution < -0.4 is 28.7 Å². The van der Waals surface area contributed by atoms with Crippen molar-refractivity contribution in [3.05, 3.63) is 176 Å². The molecule has 0 saturated heterocycles. The summed E-state index contributed by atoms with van der Waals surface area (Å²) in [6, 6.07) is 39.0. The van der Waals surface area contributed by atoms with Crippen molar-refractivity contribution >= 4 is 27.4 Å². The summed E-state index contributed by atoms with van der Waals surface area (Å²) in [5.74, 6) is 3.95. The van der Waals surface area contributed by atoms with E-state index < -0.39 is 16.8 Å². The average molecular weight is 1000 g/mol. The van der Waals surface area contributed by atoms with Gasteiger partial charge in [0, 0.05) is 55.5 Å². The fourth-order valence-electron chi connectivity index (χ4n) is 8.67. The molecule has 2 aliphatic rings. The van der Waals surface area contributed by atoms with Gasteiger partial charge in [0.05, 0.1) is 10.6 Å². The van der Waals surface area contributed by atoms with Gasteiger partial charge in [-0.1, -0.05) is 190 Å². The first-order valence-electron chi connectivity index (χ1n) is 22.8. The molecule has 0 spiro atoms. The van der Waals surface area contributed by atoms with E-state index in [0.29, 0.717) is 0 Å². The molecular formula is C58H70O4P2Pd. The van der Waals surface area contributed by atoms with Crippen molar-refractivity contribution in [2.24, 2.45) is 0 Å². The molecule has 346 valence electrons. The van der Waals surface area contributed by atoms with Crippen LogP contribution in [0, 0.1) is 27.7 Å². The molecule has 4 nitrogen and oxygen atoms in total. The molecule has 0 fully saturated rings. The number of benzene rings is 6.